The summed E-state index contributed by atoms with van der Waals surface area (Å²) < 4.78 is 0. The van der Waals surface area contributed by atoms with Gasteiger partial charge >= 0.3 is 5.97 Å². The molecule has 1 aliphatic heterocycles. The highest BCUT2D eigenvalue weighted by Crippen LogP contribution is 2.37. The molecule has 4 heteroatoms. The number of fused-ring (bicyclic) bond motifs is 1. The first kappa shape index (κ1) is 13.6. The Hall–Kier alpha value is -2.33. The van der Waals surface area contributed by atoms with Gasteiger partial charge in [0, 0.05) is 18.8 Å². The average Bonchev–Trinajstić information content (AvgIpc) is 2.87. The van der Waals surface area contributed by atoms with E-state index in [-0.39, 0.29) is 6.61 Å². The Kier molecular flexibility index (Phi) is 3.62. The lowest BCUT2D eigenvalue weighted by atomic mass is 10.0. The maximum atomic E-state index is 11.4. The number of anilines is 1. The molecule has 1 atom stereocenters. The molecule has 2 N–H and O–H groups in total. The van der Waals surface area contributed by atoms with Crippen molar-refractivity contribution in [3.8, 4) is 0 Å². The predicted octanol–water partition coefficient (Wildman–Crippen LogP) is 2.37. The van der Waals surface area contributed by atoms with Crippen molar-refractivity contribution in [1.29, 1.82) is 0 Å². The molecule has 1 unspecified atom stereocenters. The summed E-state index contributed by atoms with van der Waals surface area (Å²) in [4.78, 5) is 13.5. The number of carbonyl (C=O) groups is 1. The number of benzene rings is 2. The van der Waals surface area contributed by atoms with Crippen LogP contribution in [0.25, 0.3) is 0 Å². The monoisotopic (exact) mass is 283 g/mol. The molecule has 0 radical (unpaired) electrons. The van der Waals surface area contributed by atoms with E-state index in [2.05, 4.69) is 4.90 Å². The van der Waals surface area contributed by atoms with Crippen molar-refractivity contribution < 1.29 is 15.0 Å². The van der Waals surface area contributed by atoms with Crippen LogP contribution >= 0.6 is 0 Å². The number of rotatable bonds is 4. The van der Waals surface area contributed by atoms with Crippen LogP contribution in [0.1, 0.15) is 22.6 Å². The average molecular weight is 283 g/mol. The van der Waals surface area contributed by atoms with Crippen molar-refractivity contribution >= 4 is 11.7 Å². The second-order valence-corrected chi connectivity index (χ2v) is 5.30. The van der Waals surface area contributed by atoms with Crippen LogP contribution in [0.5, 0.6) is 0 Å². The highest BCUT2D eigenvalue weighted by atomic mass is 16.4. The SMILES string of the molecule is O=C(O)C1CN(Cc2ccc(CO)cc2)c2ccccc21. The van der Waals surface area contributed by atoms with Gasteiger partial charge in [-0.15, -0.1) is 0 Å². The van der Waals surface area contributed by atoms with Crippen LogP contribution in [0.3, 0.4) is 0 Å². The van der Waals surface area contributed by atoms with Crippen LogP contribution in [-0.4, -0.2) is 22.7 Å². The molecule has 0 aliphatic carbocycles. The van der Waals surface area contributed by atoms with Gasteiger partial charge in [0.25, 0.3) is 0 Å². The molecule has 0 saturated carbocycles. The molecule has 1 heterocycles. The zero-order valence-electron chi connectivity index (χ0n) is 11.6. The molecule has 0 bridgehead atoms. The quantitative estimate of drug-likeness (QED) is 0.904. The van der Waals surface area contributed by atoms with Gasteiger partial charge in [0.05, 0.1) is 6.61 Å². The van der Waals surface area contributed by atoms with Crippen molar-refractivity contribution in [3.63, 3.8) is 0 Å². The van der Waals surface area contributed by atoms with E-state index in [1.54, 1.807) is 0 Å². The number of carboxylic acids is 1. The summed E-state index contributed by atoms with van der Waals surface area (Å²) in [5.74, 6) is -1.24. The maximum absolute atomic E-state index is 11.4. The molecule has 4 nitrogen and oxygen atoms in total. The number of carboxylic acid groups (broad SMARTS) is 1. The van der Waals surface area contributed by atoms with E-state index in [1.165, 1.54) is 0 Å². The molecular weight excluding hydrogens is 266 g/mol. The molecule has 0 saturated heterocycles. The lowest BCUT2D eigenvalue weighted by Gasteiger charge is -2.19. The van der Waals surface area contributed by atoms with E-state index in [4.69, 9.17) is 5.11 Å². The van der Waals surface area contributed by atoms with Gasteiger partial charge in [-0.2, -0.15) is 0 Å². The summed E-state index contributed by atoms with van der Waals surface area (Å²) in [6, 6.07) is 15.4. The molecule has 2 aromatic rings. The summed E-state index contributed by atoms with van der Waals surface area (Å²) in [6.45, 7) is 1.21. The van der Waals surface area contributed by atoms with Crippen molar-refractivity contribution in [2.75, 3.05) is 11.4 Å². The van der Waals surface area contributed by atoms with Gasteiger partial charge in [-0.05, 0) is 22.8 Å². The first-order valence-electron chi connectivity index (χ1n) is 6.94. The van der Waals surface area contributed by atoms with E-state index < -0.39 is 11.9 Å². The number of hydrogen-bond acceptors (Lipinski definition) is 3. The minimum absolute atomic E-state index is 0.0356. The summed E-state index contributed by atoms with van der Waals surface area (Å²) in [6.07, 6.45) is 0. The van der Waals surface area contributed by atoms with Crippen molar-refractivity contribution in [2.24, 2.45) is 0 Å². The summed E-state index contributed by atoms with van der Waals surface area (Å²) in [5, 5.41) is 18.4. The highest BCUT2D eigenvalue weighted by molar-refractivity contribution is 5.82. The number of hydrogen-bond donors (Lipinski definition) is 2. The molecule has 3 rings (SSSR count). The summed E-state index contributed by atoms with van der Waals surface area (Å²) >= 11 is 0. The van der Waals surface area contributed by atoms with Crippen LogP contribution in [0.4, 0.5) is 5.69 Å². The van der Waals surface area contributed by atoms with Gasteiger partial charge in [0.2, 0.25) is 0 Å². The third-order valence-electron chi connectivity index (χ3n) is 3.93. The molecule has 0 amide bonds. The fourth-order valence-electron chi connectivity index (χ4n) is 2.82. The van der Waals surface area contributed by atoms with E-state index in [0.717, 1.165) is 22.4 Å². The minimum atomic E-state index is -0.777. The molecule has 0 spiro atoms. The van der Waals surface area contributed by atoms with Crippen LogP contribution in [0, 0.1) is 0 Å². The fourth-order valence-corrected chi connectivity index (χ4v) is 2.82. The number of nitrogens with zero attached hydrogens (tertiary/aromatic N) is 1. The molecule has 2 aromatic carbocycles. The van der Waals surface area contributed by atoms with E-state index in [0.29, 0.717) is 13.1 Å². The van der Waals surface area contributed by atoms with Gasteiger partial charge in [-0.1, -0.05) is 42.5 Å². The Morgan fingerprint density at radius 2 is 1.76 bits per heavy atom. The van der Waals surface area contributed by atoms with Gasteiger partial charge in [0.15, 0.2) is 0 Å². The van der Waals surface area contributed by atoms with Crippen LogP contribution in [0.15, 0.2) is 48.5 Å². The Labute approximate surface area is 123 Å². The normalized spacial score (nSPS) is 16.8. The van der Waals surface area contributed by atoms with E-state index in [1.807, 2.05) is 48.5 Å². The van der Waals surface area contributed by atoms with Crippen LogP contribution < -0.4 is 4.90 Å². The lowest BCUT2D eigenvalue weighted by molar-refractivity contribution is -0.138. The van der Waals surface area contributed by atoms with Gasteiger partial charge in [0.1, 0.15) is 5.92 Å². The van der Waals surface area contributed by atoms with Crippen LogP contribution in [0.2, 0.25) is 0 Å². The number of aliphatic carboxylic acids is 1. The first-order chi connectivity index (χ1) is 10.2. The number of aliphatic hydroxyl groups excluding tert-OH is 1. The third-order valence-corrected chi connectivity index (χ3v) is 3.93. The molecule has 0 fully saturated rings. The van der Waals surface area contributed by atoms with E-state index >= 15 is 0 Å². The summed E-state index contributed by atoms with van der Waals surface area (Å²) in [5.41, 5.74) is 3.87. The fraction of sp³-hybridized carbons (Fsp3) is 0.235. The second kappa shape index (κ2) is 5.58. The minimum Gasteiger partial charge on any atom is -0.481 e. The third kappa shape index (κ3) is 2.62. The lowest BCUT2D eigenvalue weighted by Crippen LogP contribution is -2.24. The molecule has 1 aliphatic rings. The smallest absolute Gasteiger partial charge is 0.312 e. The zero-order chi connectivity index (χ0) is 14.8. The summed E-state index contributed by atoms with van der Waals surface area (Å²) in [7, 11) is 0. The Bertz CT molecular complexity index is 651. The number of aliphatic hydroxyl groups is 1. The Morgan fingerprint density at radius 3 is 2.43 bits per heavy atom. The molecule has 108 valence electrons. The van der Waals surface area contributed by atoms with Gasteiger partial charge in [-0.3, -0.25) is 4.79 Å². The molecular formula is C17H17NO3. The standard InChI is InChI=1S/C17H17NO3/c19-11-13-7-5-12(6-8-13)9-18-10-15(17(20)21)14-3-1-2-4-16(14)18/h1-8,15,19H,9-11H2,(H,20,21). The maximum Gasteiger partial charge on any atom is 0.312 e. The number of para-hydroxylation sites is 1. The van der Waals surface area contributed by atoms with Crippen molar-refractivity contribution in [2.45, 2.75) is 19.1 Å². The highest BCUT2D eigenvalue weighted by Gasteiger charge is 2.32. The zero-order valence-corrected chi connectivity index (χ0v) is 11.6. The van der Waals surface area contributed by atoms with Crippen molar-refractivity contribution in [3.05, 3.63) is 65.2 Å². The largest absolute Gasteiger partial charge is 0.481 e. The van der Waals surface area contributed by atoms with Crippen molar-refractivity contribution in [1.82, 2.24) is 0 Å². The first-order valence-corrected chi connectivity index (χ1v) is 6.94. The van der Waals surface area contributed by atoms with E-state index in [9.17, 15) is 9.90 Å². The van der Waals surface area contributed by atoms with Gasteiger partial charge in [-0.25, -0.2) is 0 Å². The second-order valence-electron chi connectivity index (χ2n) is 5.30. The molecule has 21 heavy (non-hydrogen) atoms. The predicted molar refractivity (Wildman–Crippen MR) is 80.2 cm³/mol. The Morgan fingerprint density at radius 1 is 1.10 bits per heavy atom. The Balaban J connectivity index is 1.84. The topological polar surface area (TPSA) is 60.8 Å². The molecule has 0 aromatic heterocycles. The van der Waals surface area contributed by atoms with Crippen LogP contribution in [-0.2, 0) is 17.9 Å². The van der Waals surface area contributed by atoms with Gasteiger partial charge < -0.3 is 15.1 Å².